The molecule has 2 aromatic carbocycles. The fourth-order valence-electron chi connectivity index (χ4n) is 2.46. The molecule has 26 heavy (non-hydrogen) atoms. The van der Waals surface area contributed by atoms with E-state index in [9.17, 15) is 17.7 Å². The number of anilines is 2. The van der Waals surface area contributed by atoms with E-state index in [1.54, 1.807) is 18.2 Å². The first-order valence-corrected chi connectivity index (χ1v) is 8.33. The first-order chi connectivity index (χ1) is 12.3. The van der Waals surface area contributed by atoms with Crippen LogP contribution in [0.25, 0.3) is 11.1 Å². The third kappa shape index (κ3) is 4.33. The van der Waals surface area contributed by atoms with Gasteiger partial charge in [-0.1, -0.05) is 18.2 Å². The molecule has 3 rings (SSSR count). The maximum Gasteiger partial charge on any atom is 0.433 e. The van der Waals surface area contributed by atoms with Crippen molar-refractivity contribution in [3.8, 4) is 11.1 Å². The lowest BCUT2D eigenvalue weighted by Gasteiger charge is -2.11. The second-order valence-corrected chi connectivity index (χ2v) is 6.25. The zero-order valence-electron chi connectivity index (χ0n) is 13.6. The number of halogens is 3. The van der Waals surface area contributed by atoms with E-state index in [1.165, 1.54) is 0 Å². The molecule has 0 unspecified atom stereocenters. The maximum atomic E-state index is 12.8. The highest BCUT2D eigenvalue weighted by molar-refractivity contribution is 7.93. The number of nitrogens with zero attached hydrogens (tertiary/aromatic N) is 2. The topological polar surface area (TPSA) is 58.0 Å². The van der Waals surface area contributed by atoms with Gasteiger partial charge in [-0.05, 0) is 53.9 Å². The molecule has 0 saturated carbocycles. The molecular formula is C18H14F3N3OS. The zero-order valence-corrected chi connectivity index (χ0v) is 14.4. The van der Waals surface area contributed by atoms with E-state index >= 15 is 0 Å². The summed E-state index contributed by atoms with van der Waals surface area (Å²) >= 11 is 0.650. The number of aromatic nitrogens is 2. The molecule has 0 amide bonds. The molecular weight excluding hydrogens is 363 g/mol. The predicted molar refractivity (Wildman–Crippen MR) is 95.4 cm³/mol. The first-order valence-electron chi connectivity index (χ1n) is 7.56. The van der Waals surface area contributed by atoms with E-state index in [-0.39, 0.29) is 5.95 Å². The van der Waals surface area contributed by atoms with Crippen LogP contribution in [0.3, 0.4) is 0 Å². The summed E-state index contributed by atoms with van der Waals surface area (Å²) in [5.41, 5.74) is 2.21. The summed E-state index contributed by atoms with van der Waals surface area (Å²) in [5, 5.41) is 2.82. The molecule has 2 N–H and O–H groups in total. The monoisotopic (exact) mass is 377 g/mol. The standard InChI is InChI=1S/C18H14F3N3OS/c1-11-7-13(12-3-2-4-15(10-12)26-25)9-14(8-11)23-17-22-6-5-16(24-17)18(19,20)21/h2-10,25H,1H3,(H,22,23,24). The van der Waals surface area contributed by atoms with E-state index < -0.39 is 11.9 Å². The van der Waals surface area contributed by atoms with Crippen LogP contribution in [0.1, 0.15) is 11.3 Å². The van der Waals surface area contributed by atoms with Crippen LogP contribution in [0.2, 0.25) is 0 Å². The Balaban J connectivity index is 1.93. The van der Waals surface area contributed by atoms with Crippen molar-refractivity contribution in [1.29, 1.82) is 0 Å². The average molecular weight is 377 g/mol. The number of rotatable bonds is 4. The Kier molecular flexibility index (Phi) is 5.15. The summed E-state index contributed by atoms with van der Waals surface area (Å²) in [4.78, 5) is 8.06. The lowest BCUT2D eigenvalue weighted by atomic mass is 10.0. The highest BCUT2D eigenvalue weighted by Crippen LogP contribution is 2.30. The molecule has 0 fully saturated rings. The fourth-order valence-corrected chi connectivity index (χ4v) is 2.78. The summed E-state index contributed by atoms with van der Waals surface area (Å²) in [7, 11) is 0. The molecule has 1 aromatic heterocycles. The molecule has 4 nitrogen and oxygen atoms in total. The van der Waals surface area contributed by atoms with E-state index in [2.05, 4.69) is 15.3 Å². The molecule has 0 bridgehead atoms. The van der Waals surface area contributed by atoms with Gasteiger partial charge in [0, 0.05) is 28.8 Å². The van der Waals surface area contributed by atoms with Crippen LogP contribution in [0.5, 0.6) is 0 Å². The van der Waals surface area contributed by atoms with Gasteiger partial charge in [-0.25, -0.2) is 9.97 Å². The number of aryl methyl sites for hydroxylation is 1. The van der Waals surface area contributed by atoms with Gasteiger partial charge in [0.05, 0.1) is 0 Å². The Morgan fingerprint density at radius 1 is 1.04 bits per heavy atom. The van der Waals surface area contributed by atoms with Crippen molar-refractivity contribution in [3.05, 3.63) is 66.0 Å². The smallest absolute Gasteiger partial charge is 0.325 e. The second kappa shape index (κ2) is 7.35. The lowest BCUT2D eigenvalue weighted by Crippen LogP contribution is -2.10. The van der Waals surface area contributed by atoms with Crippen molar-refractivity contribution in [2.45, 2.75) is 18.0 Å². The second-order valence-electron chi connectivity index (χ2n) is 5.60. The minimum Gasteiger partial charge on any atom is -0.325 e. The number of benzene rings is 2. The number of hydrogen-bond acceptors (Lipinski definition) is 5. The van der Waals surface area contributed by atoms with Gasteiger partial charge in [0.2, 0.25) is 5.95 Å². The molecule has 3 aromatic rings. The lowest BCUT2D eigenvalue weighted by molar-refractivity contribution is -0.141. The zero-order chi connectivity index (χ0) is 18.7. The van der Waals surface area contributed by atoms with Gasteiger partial charge in [0.25, 0.3) is 0 Å². The molecule has 8 heteroatoms. The van der Waals surface area contributed by atoms with Crippen LogP contribution in [0.15, 0.2) is 59.6 Å². The van der Waals surface area contributed by atoms with Crippen molar-refractivity contribution >= 4 is 23.7 Å². The van der Waals surface area contributed by atoms with Crippen LogP contribution < -0.4 is 5.32 Å². The molecule has 0 aliphatic heterocycles. The summed E-state index contributed by atoms with van der Waals surface area (Å²) in [6, 6.07) is 13.7. The van der Waals surface area contributed by atoms with Crippen LogP contribution >= 0.6 is 12.0 Å². The molecule has 0 aliphatic carbocycles. The van der Waals surface area contributed by atoms with E-state index in [1.807, 2.05) is 31.2 Å². The fraction of sp³-hybridized carbons (Fsp3) is 0.111. The summed E-state index contributed by atoms with van der Waals surface area (Å²) < 4.78 is 47.6. The third-order valence-corrected chi connectivity index (χ3v) is 4.02. The first kappa shape index (κ1) is 18.2. The number of hydrogen-bond donors (Lipinski definition) is 2. The number of alkyl halides is 3. The molecule has 0 spiro atoms. The maximum absolute atomic E-state index is 12.8. The van der Waals surface area contributed by atoms with Crippen LogP contribution in [-0.4, -0.2) is 14.5 Å². The Bertz CT molecular complexity index is 932. The molecule has 0 saturated heterocycles. The Morgan fingerprint density at radius 2 is 1.85 bits per heavy atom. The predicted octanol–water partition coefficient (Wildman–Crippen LogP) is 5.78. The van der Waals surface area contributed by atoms with Gasteiger partial charge in [0.15, 0.2) is 0 Å². The van der Waals surface area contributed by atoms with Crippen molar-refractivity contribution in [1.82, 2.24) is 9.97 Å². The van der Waals surface area contributed by atoms with E-state index in [0.717, 1.165) is 29.0 Å². The van der Waals surface area contributed by atoms with Gasteiger partial charge in [-0.3, -0.25) is 0 Å². The van der Waals surface area contributed by atoms with Crippen molar-refractivity contribution in [2.24, 2.45) is 0 Å². The Labute approximate surface area is 152 Å². The van der Waals surface area contributed by atoms with Gasteiger partial charge in [-0.15, -0.1) is 0 Å². The Morgan fingerprint density at radius 3 is 2.58 bits per heavy atom. The van der Waals surface area contributed by atoms with Crippen molar-refractivity contribution < 1.29 is 17.7 Å². The minimum atomic E-state index is -4.53. The summed E-state index contributed by atoms with van der Waals surface area (Å²) in [6.45, 7) is 1.88. The third-order valence-electron chi connectivity index (χ3n) is 3.55. The Hall–Kier alpha value is -2.58. The minimum absolute atomic E-state index is 0.129. The molecule has 134 valence electrons. The average Bonchev–Trinajstić information content (AvgIpc) is 2.61. The van der Waals surface area contributed by atoms with Gasteiger partial charge >= 0.3 is 6.18 Å². The summed E-state index contributed by atoms with van der Waals surface area (Å²) in [5.74, 6) is -0.129. The van der Waals surface area contributed by atoms with Gasteiger partial charge < -0.3 is 9.87 Å². The van der Waals surface area contributed by atoms with E-state index in [4.69, 9.17) is 0 Å². The molecule has 0 atom stereocenters. The van der Waals surface area contributed by atoms with Gasteiger partial charge in [0.1, 0.15) is 5.69 Å². The largest absolute Gasteiger partial charge is 0.433 e. The quantitative estimate of drug-likeness (QED) is 0.565. The van der Waals surface area contributed by atoms with E-state index in [0.29, 0.717) is 22.6 Å². The van der Waals surface area contributed by atoms with Gasteiger partial charge in [-0.2, -0.15) is 13.2 Å². The highest BCUT2D eigenvalue weighted by atomic mass is 32.2. The molecule has 0 radical (unpaired) electrons. The van der Waals surface area contributed by atoms with Crippen LogP contribution in [0.4, 0.5) is 24.8 Å². The number of nitrogens with one attached hydrogen (secondary N) is 1. The van der Waals surface area contributed by atoms with Crippen LogP contribution in [0, 0.1) is 6.92 Å². The summed E-state index contributed by atoms with van der Waals surface area (Å²) in [6.07, 6.45) is -3.46. The normalized spacial score (nSPS) is 11.4. The molecule has 1 heterocycles. The van der Waals surface area contributed by atoms with Crippen molar-refractivity contribution in [2.75, 3.05) is 5.32 Å². The van der Waals surface area contributed by atoms with Crippen LogP contribution in [-0.2, 0) is 6.18 Å². The highest BCUT2D eigenvalue weighted by Gasteiger charge is 2.32. The molecule has 0 aliphatic rings. The SMILES string of the molecule is Cc1cc(Nc2nccc(C(F)(F)F)n2)cc(-c2cccc(SO)c2)c1. The van der Waals surface area contributed by atoms with Crippen molar-refractivity contribution in [3.63, 3.8) is 0 Å².